The van der Waals surface area contributed by atoms with Crippen molar-refractivity contribution in [1.82, 2.24) is 9.80 Å². The van der Waals surface area contributed by atoms with Crippen molar-refractivity contribution in [1.29, 1.82) is 0 Å². The molecular weight excluding hydrogens is 412 g/mol. The minimum Gasteiger partial charge on any atom is -0.496 e. The number of methoxy groups -OCH3 is 1. The highest BCUT2D eigenvalue weighted by Crippen LogP contribution is 2.26. The summed E-state index contributed by atoms with van der Waals surface area (Å²) in [7, 11) is 1.63. The number of benzene rings is 1. The smallest absolute Gasteiger partial charge is 0.227 e. The molecule has 2 amide bonds. The van der Waals surface area contributed by atoms with Crippen LogP contribution in [0.1, 0.15) is 24.8 Å². The van der Waals surface area contributed by atoms with Crippen molar-refractivity contribution in [2.75, 3.05) is 46.5 Å². The minimum absolute atomic E-state index is 0.0732. The fourth-order valence-electron chi connectivity index (χ4n) is 3.72. The number of ether oxygens (including phenoxy) is 2. The highest BCUT2D eigenvalue weighted by Gasteiger charge is 2.31. The van der Waals surface area contributed by atoms with E-state index in [1.807, 2.05) is 28.0 Å². The molecule has 1 atom stereocenters. The maximum Gasteiger partial charge on any atom is 0.227 e. The molecule has 0 bridgehead atoms. The topological polar surface area (TPSA) is 59.1 Å². The quantitative estimate of drug-likeness (QED) is 0.708. The second-order valence-electron chi connectivity index (χ2n) is 7.09. The van der Waals surface area contributed by atoms with Gasteiger partial charge >= 0.3 is 0 Å². The van der Waals surface area contributed by atoms with Gasteiger partial charge in [0.25, 0.3) is 0 Å². The van der Waals surface area contributed by atoms with Crippen molar-refractivity contribution in [3.05, 3.63) is 28.2 Å². The van der Waals surface area contributed by atoms with Gasteiger partial charge in [-0.1, -0.05) is 6.07 Å². The Kier molecular flexibility index (Phi) is 7.13. The summed E-state index contributed by atoms with van der Waals surface area (Å²) in [6.45, 7) is 3.83. The standard InChI is InChI=1S/C20H27BrN2O4/c1-26-18-6-4-15(13-17(18)21)5-7-19(24)23-8-2-3-16(14-23)20(25)22-9-11-27-12-10-22/h4,6,13,16H,2-3,5,7-12,14H2,1H3. The lowest BCUT2D eigenvalue weighted by molar-refractivity contribution is -0.144. The molecule has 0 aromatic heterocycles. The van der Waals surface area contributed by atoms with E-state index < -0.39 is 0 Å². The van der Waals surface area contributed by atoms with Crippen molar-refractivity contribution in [2.45, 2.75) is 25.7 Å². The van der Waals surface area contributed by atoms with E-state index >= 15 is 0 Å². The summed E-state index contributed by atoms with van der Waals surface area (Å²) >= 11 is 3.48. The number of carbonyl (C=O) groups is 2. The molecule has 0 saturated carbocycles. The van der Waals surface area contributed by atoms with Gasteiger partial charge in [0, 0.05) is 32.6 Å². The molecular formula is C20H27BrN2O4. The summed E-state index contributed by atoms with van der Waals surface area (Å²) in [4.78, 5) is 29.1. The fourth-order valence-corrected chi connectivity index (χ4v) is 4.31. The summed E-state index contributed by atoms with van der Waals surface area (Å²) in [5.74, 6) is 1.01. The van der Waals surface area contributed by atoms with E-state index in [1.165, 1.54) is 0 Å². The van der Waals surface area contributed by atoms with Crippen LogP contribution in [0.2, 0.25) is 0 Å². The van der Waals surface area contributed by atoms with Crippen LogP contribution >= 0.6 is 15.9 Å². The number of likely N-dealkylation sites (tertiary alicyclic amines) is 1. The number of hydrogen-bond acceptors (Lipinski definition) is 4. The van der Waals surface area contributed by atoms with Gasteiger partial charge < -0.3 is 19.3 Å². The minimum atomic E-state index is -0.0732. The Bertz CT molecular complexity index is 676. The van der Waals surface area contributed by atoms with E-state index in [1.54, 1.807) is 7.11 Å². The number of amides is 2. The highest BCUT2D eigenvalue weighted by molar-refractivity contribution is 9.10. The lowest BCUT2D eigenvalue weighted by atomic mass is 9.95. The number of halogens is 1. The first-order chi connectivity index (χ1) is 13.1. The molecule has 0 radical (unpaired) electrons. The van der Waals surface area contributed by atoms with Gasteiger partial charge in [0.05, 0.1) is 30.7 Å². The van der Waals surface area contributed by atoms with Gasteiger partial charge in [-0.15, -0.1) is 0 Å². The third-order valence-corrected chi connectivity index (χ3v) is 5.91. The van der Waals surface area contributed by atoms with Crippen LogP contribution in [0, 0.1) is 5.92 Å². The van der Waals surface area contributed by atoms with Gasteiger partial charge in [0.2, 0.25) is 11.8 Å². The molecule has 2 fully saturated rings. The zero-order valence-electron chi connectivity index (χ0n) is 15.8. The molecule has 2 heterocycles. The second-order valence-corrected chi connectivity index (χ2v) is 7.94. The van der Waals surface area contributed by atoms with Gasteiger partial charge in [-0.2, -0.15) is 0 Å². The third-order valence-electron chi connectivity index (χ3n) is 5.29. The lowest BCUT2D eigenvalue weighted by Gasteiger charge is -2.36. The van der Waals surface area contributed by atoms with Gasteiger partial charge in [-0.05, 0) is 52.9 Å². The first-order valence-electron chi connectivity index (χ1n) is 9.55. The average molecular weight is 439 g/mol. The fraction of sp³-hybridized carbons (Fsp3) is 0.600. The Hall–Kier alpha value is -1.60. The van der Waals surface area contributed by atoms with Crippen LogP contribution in [0.15, 0.2) is 22.7 Å². The van der Waals surface area contributed by atoms with Crippen LogP contribution in [0.4, 0.5) is 0 Å². The number of carbonyl (C=O) groups excluding carboxylic acids is 2. The molecule has 1 aromatic carbocycles. The second kappa shape index (κ2) is 9.55. The maximum atomic E-state index is 12.7. The Labute approximate surface area is 168 Å². The lowest BCUT2D eigenvalue weighted by Crippen LogP contribution is -2.49. The normalized spacial score (nSPS) is 20.4. The molecule has 2 aliphatic heterocycles. The predicted molar refractivity (Wildman–Crippen MR) is 106 cm³/mol. The van der Waals surface area contributed by atoms with Gasteiger partial charge in [-0.25, -0.2) is 0 Å². The van der Waals surface area contributed by atoms with Crippen LogP contribution in [0.25, 0.3) is 0 Å². The summed E-state index contributed by atoms with van der Waals surface area (Å²) in [5, 5.41) is 0. The molecule has 3 rings (SSSR count). The molecule has 7 heteroatoms. The Morgan fingerprint density at radius 2 is 2.00 bits per heavy atom. The molecule has 27 heavy (non-hydrogen) atoms. The molecule has 148 valence electrons. The van der Waals surface area contributed by atoms with Crippen LogP contribution in [-0.4, -0.2) is 68.1 Å². The van der Waals surface area contributed by atoms with E-state index in [0.29, 0.717) is 45.7 Å². The largest absolute Gasteiger partial charge is 0.496 e. The Morgan fingerprint density at radius 3 is 2.70 bits per heavy atom. The number of rotatable bonds is 5. The summed E-state index contributed by atoms with van der Waals surface area (Å²) < 4.78 is 11.5. The van der Waals surface area contributed by atoms with E-state index in [0.717, 1.165) is 35.2 Å². The van der Waals surface area contributed by atoms with Crippen molar-refractivity contribution >= 4 is 27.7 Å². The summed E-state index contributed by atoms with van der Waals surface area (Å²) in [5.41, 5.74) is 1.09. The first kappa shape index (κ1) is 20.1. The van der Waals surface area contributed by atoms with E-state index in [2.05, 4.69) is 15.9 Å². The van der Waals surface area contributed by atoms with Gasteiger partial charge in [0.15, 0.2) is 0 Å². The zero-order chi connectivity index (χ0) is 19.2. The predicted octanol–water partition coefficient (Wildman–Crippen LogP) is 2.49. The van der Waals surface area contributed by atoms with Crippen molar-refractivity contribution in [3.8, 4) is 5.75 Å². The first-order valence-corrected chi connectivity index (χ1v) is 10.3. The highest BCUT2D eigenvalue weighted by atomic mass is 79.9. The van der Waals surface area contributed by atoms with Crippen molar-refractivity contribution in [2.24, 2.45) is 5.92 Å². The molecule has 1 aromatic rings. The molecule has 0 spiro atoms. The monoisotopic (exact) mass is 438 g/mol. The van der Waals surface area contributed by atoms with Crippen LogP contribution in [0.5, 0.6) is 5.75 Å². The van der Waals surface area contributed by atoms with E-state index in [9.17, 15) is 9.59 Å². The number of hydrogen-bond donors (Lipinski definition) is 0. The molecule has 1 unspecified atom stereocenters. The van der Waals surface area contributed by atoms with Crippen LogP contribution in [-0.2, 0) is 20.7 Å². The Morgan fingerprint density at radius 1 is 1.22 bits per heavy atom. The SMILES string of the molecule is COc1ccc(CCC(=O)N2CCCC(C(=O)N3CCOCC3)C2)cc1Br. The van der Waals surface area contributed by atoms with Crippen molar-refractivity contribution in [3.63, 3.8) is 0 Å². The summed E-state index contributed by atoms with van der Waals surface area (Å²) in [6.07, 6.45) is 2.89. The summed E-state index contributed by atoms with van der Waals surface area (Å²) in [6, 6.07) is 5.88. The number of nitrogens with zero attached hydrogens (tertiary/aromatic N) is 2. The molecule has 2 aliphatic rings. The Balaban J connectivity index is 1.52. The number of morpholine rings is 1. The van der Waals surface area contributed by atoms with Crippen LogP contribution < -0.4 is 4.74 Å². The van der Waals surface area contributed by atoms with E-state index in [4.69, 9.17) is 9.47 Å². The van der Waals surface area contributed by atoms with Gasteiger partial charge in [-0.3, -0.25) is 9.59 Å². The average Bonchev–Trinajstić information content (AvgIpc) is 2.72. The molecule has 6 nitrogen and oxygen atoms in total. The maximum absolute atomic E-state index is 12.7. The van der Waals surface area contributed by atoms with Crippen molar-refractivity contribution < 1.29 is 19.1 Å². The zero-order valence-corrected chi connectivity index (χ0v) is 17.4. The third kappa shape index (κ3) is 5.23. The van der Waals surface area contributed by atoms with E-state index in [-0.39, 0.29) is 17.7 Å². The molecule has 0 N–H and O–H groups in total. The molecule has 0 aliphatic carbocycles. The van der Waals surface area contributed by atoms with Gasteiger partial charge in [0.1, 0.15) is 5.75 Å². The van der Waals surface area contributed by atoms with Crippen LogP contribution in [0.3, 0.4) is 0 Å². The molecule has 2 saturated heterocycles. The number of piperidine rings is 1. The number of aryl methyl sites for hydroxylation is 1.